The summed E-state index contributed by atoms with van der Waals surface area (Å²) in [4.78, 5) is 41.1. The molecular weight excluding hydrogens is 474 g/mol. The zero-order chi connectivity index (χ0) is 26.5. The van der Waals surface area contributed by atoms with Crippen LogP contribution in [0.4, 0.5) is 25.1 Å². The number of halogens is 2. The maximum atomic E-state index is 13.4. The molecule has 36 heavy (non-hydrogen) atoms. The fourth-order valence-electron chi connectivity index (χ4n) is 3.26. The van der Waals surface area contributed by atoms with Gasteiger partial charge in [-0.2, -0.15) is 13.9 Å². The third-order valence-electron chi connectivity index (χ3n) is 5.55. The van der Waals surface area contributed by atoms with Crippen LogP contribution in [-0.4, -0.2) is 55.6 Å². The number of carbonyl (C=O) groups is 3. The maximum absolute atomic E-state index is 13.4. The van der Waals surface area contributed by atoms with Crippen molar-refractivity contribution in [3.63, 3.8) is 0 Å². The molecule has 0 radical (unpaired) electrons. The van der Waals surface area contributed by atoms with Crippen molar-refractivity contribution in [3.05, 3.63) is 71.7 Å². The van der Waals surface area contributed by atoms with Crippen molar-refractivity contribution in [3.8, 4) is 0 Å². The highest BCUT2D eigenvalue weighted by atomic mass is 19.3. The van der Waals surface area contributed by atoms with E-state index in [2.05, 4.69) is 20.7 Å². The van der Waals surface area contributed by atoms with Crippen LogP contribution in [0.25, 0.3) is 0 Å². The van der Waals surface area contributed by atoms with E-state index >= 15 is 0 Å². The summed E-state index contributed by atoms with van der Waals surface area (Å²) in [6.07, 6.45) is 2.73. The van der Waals surface area contributed by atoms with Gasteiger partial charge in [0.15, 0.2) is 0 Å². The highest BCUT2D eigenvalue weighted by Crippen LogP contribution is 2.21. The number of amides is 3. The summed E-state index contributed by atoms with van der Waals surface area (Å²) >= 11 is 0. The summed E-state index contributed by atoms with van der Waals surface area (Å²) in [6.45, 7) is 2.45. The Kier molecular flexibility index (Phi) is 7.97. The molecule has 0 aliphatic rings. The predicted molar refractivity (Wildman–Crippen MR) is 128 cm³/mol. The largest absolute Gasteiger partial charge is 0.477 e. The molecule has 0 fully saturated rings. The molecule has 0 aliphatic carbocycles. The van der Waals surface area contributed by atoms with Crippen molar-refractivity contribution in [2.75, 3.05) is 17.7 Å². The molecule has 1 unspecified atom stereocenters. The van der Waals surface area contributed by atoms with Crippen LogP contribution in [-0.2, 0) is 22.6 Å². The number of anilines is 2. The lowest BCUT2D eigenvalue weighted by molar-refractivity contribution is -0.167. The zero-order valence-electron chi connectivity index (χ0n) is 19.9. The number of aromatic nitrogens is 3. The summed E-state index contributed by atoms with van der Waals surface area (Å²) in [7, 11) is 1.55. The van der Waals surface area contributed by atoms with Crippen molar-refractivity contribution < 1.29 is 28.3 Å². The molecule has 2 aromatic heterocycles. The number of aliphatic carboxylic acids is 1. The number of aryl methyl sites for hydroxylation is 1. The molecule has 12 heteroatoms. The molecule has 3 rings (SSSR count). The van der Waals surface area contributed by atoms with Gasteiger partial charge in [0.25, 0.3) is 0 Å². The van der Waals surface area contributed by atoms with Crippen LogP contribution >= 0.6 is 0 Å². The smallest absolute Gasteiger partial charge is 0.376 e. The molecular formula is C24H26F2N6O4. The van der Waals surface area contributed by atoms with Gasteiger partial charge in [-0.3, -0.25) is 14.8 Å². The van der Waals surface area contributed by atoms with E-state index in [1.54, 1.807) is 32.2 Å². The summed E-state index contributed by atoms with van der Waals surface area (Å²) < 4.78 is 27.7. The molecule has 0 bridgehead atoms. The first kappa shape index (κ1) is 26.3. The highest BCUT2D eigenvalue weighted by Gasteiger charge is 2.39. The number of hydrogen-bond acceptors (Lipinski definition) is 5. The zero-order valence-corrected chi connectivity index (χ0v) is 19.9. The van der Waals surface area contributed by atoms with Crippen molar-refractivity contribution in [1.29, 1.82) is 0 Å². The lowest BCUT2D eigenvalue weighted by atomic mass is 10.1. The number of alkyl halides is 2. The second-order valence-corrected chi connectivity index (χ2v) is 8.25. The molecule has 10 nitrogen and oxygen atoms in total. The Morgan fingerprint density at radius 2 is 1.86 bits per heavy atom. The van der Waals surface area contributed by atoms with Gasteiger partial charge < -0.3 is 15.3 Å². The van der Waals surface area contributed by atoms with Gasteiger partial charge in [0, 0.05) is 25.1 Å². The van der Waals surface area contributed by atoms with Crippen molar-refractivity contribution in [1.82, 2.24) is 19.7 Å². The first-order valence-electron chi connectivity index (χ1n) is 10.9. The maximum Gasteiger partial charge on any atom is 0.376 e. The Labute approximate surface area is 205 Å². The Balaban J connectivity index is 1.55. The van der Waals surface area contributed by atoms with Gasteiger partial charge in [-0.1, -0.05) is 24.3 Å². The molecule has 0 spiro atoms. The van der Waals surface area contributed by atoms with E-state index in [1.165, 1.54) is 23.4 Å². The van der Waals surface area contributed by atoms with Crippen LogP contribution in [0.2, 0.25) is 0 Å². The Morgan fingerprint density at radius 1 is 1.14 bits per heavy atom. The van der Waals surface area contributed by atoms with Gasteiger partial charge in [-0.25, -0.2) is 14.6 Å². The molecule has 190 valence electrons. The number of nitrogens with one attached hydrogen (secondary N) is 2. The minimum absolute atomic E-state index is 0.0152. The molecule has 0 saturated heterocycles. The average molecular weight is 501 g/mol. The van der Waals surface area contributed by atoms with Gasteiger partial charge in [0.2, 0.25) is 5.91 Å². The molecule has 3 aromatic rings. The molecule has 3 N–H and O–H groups in total. The number of likely N-dealkylation sites (N-methyl/N-ethyl adjacent to an activating group) is 1. The molecule has 0 aliphatic heterocycles. The summed E-state index contributed by atoms with van der Waals surface area (Å²) in [5.74, 6) is -6.15. The SMILES string of the molecule is Cc1ccccc1NC(=O)Nc1ccc(CC(=O)N(C)C(C)c2ccn(CC(F)(F)C(=O)O)n2)cn1. The highest BCUT2D eigenvalue weighted by molar-refractivity contribution is 5.99. The quantitative estimate of drug-likeness (QED) is 0.411. The average Bonchev–Trinajstić information content (AvgIpc) is 3.28. The first-order chi connectivity index (χ1) is 17.0. The van der Waals surface area contributed by atoms with Gasteiger partial charge >= 0.3 is 17.9 Å². The number of carboxylic acid groups (broad SMARTS) is 1. The number of nitrogens with zero attached hydrogens (tertiary/aromatic N) is 4. The lowest BCUT2D eigenvalue weighted by Crippen LogP contribution is -2.34. The van der Waals surface area contributed by atoms with Gasteiger partial charge in [0.05, 0.1) is 18.2 Å². The van der Waals surface area contributed by atoms with Gasteiger partial charge in [-0.05, 0) is 43.2 Å². The van der Waals surface area contributed by atoms with Crippen molar-refractivity contribution >= 4 is 29.4 Å². The fraction of sp³-hybridized carbons (Fsp3) is 0.292. The van der Waals surface area contributed by atoms with E-state index in [1.807, 2.05) is 25.1 Å². The Hall–Kier alpha value is -4.35. The third kappa shape index (κ3) is 6.62. The summed E-state index contributed by atoms with van der Waals surface area (Å²) in [5.41, 5.74) is 2.53. The van der Waals surface area contributed by atoms with Gasteiger partial charge in [-0.15, -0.1) is 0 Å². The van der Waals surface area contributed by atoms with Crippen LogP contribution in [0.15, 0.2) is 54.9 Å². The number of carbonyl (C=O) groups excluding carboxylic acids is 2. The first-order valence-corrected chi connectivity index (χ1v) is 10.9. The summed E-state index contributed by atoms with van der Waals surface area (Å²) in [6, 6.07) is 11.0. The molecule has 1 atom stereocenters. The number of carboxylic acids is 1. The van der Waals surface area contributed by atoms with E-state index in [4.69, 9.17) is 5.11 Å². The topological polar surface area (TPSA) is 129 Å². The van der Waals surface area contributed by atoms with Crippen LogP contribution < -0.4 is 10.6 Å². The van der Waals surface area contributed by atoms with Crippen LogP contribution in [0.1, 0.15) is 29.8 Å². The van der Waals surface area contributed by atoms with Crippen molar-refractivity contribution in [2.24, 2.45) is 0 Å². The number of pyridine rings is 1. The van der Waals surface area contributed by atoms with Crippen LogP contribution in [0.5, 0.6) is 0 Å². The Bertz CT molecular complexity index is 1250. The normalized spacial score (nSPS) is 12.0. The van der Waals surface area contributed by atoms with Crippen LogP contribution in [0.3, 0.4) is 0 Å². The fourth-order valence-corrected chi connectivity index (χ4v) is 3.26. The van der Waals surface area contributed by atoms with Gasteiger partial charge in [0.1, 0.15) is 12.4 Å². The Morgan fingerprint density at radius 3 is 2.50 bits per heavy atom. The van der Waals surface area contributed by atoms with E-state index < -0.39 is 30.5 Å². The van der Waals surface area contributed by atoms with Crippen molar-refractivity contribution in [2.45, 2.75) is 38.8 Å². The third-order valence-corrected chi connectivity index (χ3v) is 5.55. The molecule has 3 amide bonds. The lowest BCUT2D eigenvalue weighted by Gasteiger charge is -2.23. The number of benzene rings is 1. The van der Waals surface area contributed by atoms with Crippen LogP contribution in [0, 0.1) is 6.92 Å². The monoisotopic (exact) mass is 500 g/mol. The minimum Gasteiger partial charge on any atom is -0.477 e. The van der Waals surface area contributed by atoms with E-state index in [0.717, 1.165) is 10.2 Å². The molecule has 0 saturated carbocycles. The number of rotatable bonds is 9. The second kappa shape index (κ2) is 10.9. The van der Waals surface area contributed by atoms with E-state index in [0.29, 0.717) is 22.8 Å². The van der Waals surface area contributed by atoms with E-state index in [-0.39, 0.29) is 12.3 Å². The number of urea groups is 1. The van der Waals surface area contributed by atoms with E-state index in [9.17, 15) is 23.2 Å². The standard InChI is InChI=1S/C24H26F2N6O4/c1-15-6-4-5-7-18(15)28-23(36)29-20-9-8-17(13-27-20)12-21(33)31(3)16(2)19-10-11-32(30-19)14-24(25,26)22(34)35/h4-11,13,16H,12,14H2,1-3H3,(H,34,35)(H2,27,28,29,36). The number of para-hydroxylation sites is 1. The minimum atomic E-state index is -3.95. The molecule has 1 aromatic carbocycles. The summed E-state index contributed by atoms with van der Waals surface area (Å²) in [5, 5.41) is 17.9. The predicted octanol–water partition coefficient (Wildman–Crippen LogP) is 3.71. The number of hydrogen-bond donors (Lipinski definition) is 3. The molecule has 2 heterocycles. The second-order valence-electron chi connectivity index (χ2n) is 8.25.